The maximum atomic E-state index is 11.4. The molecule has 0 spiro atoms. The second kappa shape index (κ2) is 5.63. The number of rotatable bonds is 5. The van der Waals surface area contributed by atoms with E-state index in [4.69, 9.17) is 4.52 Å². The van der Waals surface area contributed by atoms with Gasteiger partial charge in [-0.1, -0.05) is 0 Å². The van der Waals surface area contributed by atoms with Crippen LogP contribution in [0.2, 0.25) is 0 Å². The van der Waals surface area contributed by atoms with Crippen molar-refractivity contribution in [2.24, 2.45) is 0 Å². The minimum Gasteiger partial charge on any atom is -0.436 e. The highest BCUT2D eigenvalue weighted by Crippen LogP contribution is 2.35. The highest BCUT2D eigenvalue weighted by Gasteiger charge is 2.31. The largest absolute Gasteiger partial charge is 0.436 e. The number of sulfone groups is 1. The molecule has 0 rings (SSSR count). The van der Waals surface area contributed by atoms with Crippen molar-refractivity contribution in [2.45, 2.75) is 32.1 Å². The number of esters is 1. The first-order chi connectivity index (χ1) is 6.64. The average Bonchev–Trinajstić information content (AvgIpc) is 1.95. The van der Waals surface area contributed by atoms with Gasteiger partial charge in [-0.05, 0) is 13.8 Å². The summed E-state index contributed by atoms with van der Waals surface area (Å²) < 4.78 is 43.0. The summed E-state index contributed by atoms with van der Waals surface area (Å²) in [4.78, 5) is 10.6. The second-order valence-electron chi connectivity index (χ2n) is 3.26. The highest BCUT2D eigenvalue weighted by molar-refractivity contribution is 7.96. The van der Waals surface area contributed by atoms with Crippen LogP contribution in [0.3, 0.4) is 0 Å². The first-order valence-corrected chi connectivity index (χ1v) is 7.56. The topological polar surface area (TPSA) is 86.7 Å². The lowest BCUT2D eigenvalue weighted by molar-refractivity contribution is -0.140. The molecule has 0 saturated heterocycles. The molecular weight excluding hydrogens is 243 g/mol. The molecule has 0 aliphatic rings. The van der Waals surface area contributed by atoms with Crippen LogP contribution < -0.4 is 0 Å². The van der Waals surface area contributed by atoms with Gasteiger partial charge < -0.3 is 9.26 Å². The molecule has 6 nitrogen and oxygen atoms in total. The van der Waals surface area contributed by atoms with Crippen LogP contribution in [0.15, 0.2) is 0 Å². The summed E-state index contributed by atoms with van der Waals surface area (Å²) in [5.41, 5.74) is 0. The van der Waals surface area contributed by atoms with Crippen LogP contribution in [-0.2, 0) is 28.5 Å². The minimum absolute atomic E-state index is 0.392. The monoisotopic (exact) mass is 258 g/mol. The zero-order valence-electron chi connectivity index (χ0n) is 9.01. The molecule has 0 bridgehead atoms. The molecule has 0 heterocycles. The molecule has 0 aliphatic heterocycles. The van der Waals surface area contributed by atoms with Gasteiger partial charge in [-0.15, -0.1) is 0 Å². The standard InChI is InChI=1S/C7H15O6PS/c1-5(2)13-14(9)7(12-6(3)8)15(4,10)11/h5,7,14H,1-4H3. The van der Waals surface area contributed by atoms with Gasteiger partial charge in [0.2, 0.25) is 8.03 Å². The van der Waals surface area contributed by atoms with Gasteiger partial charge >= 0.3 is 5.97 Å². The quantitative estimate of drug-likeness (QED) is 0.535. The van der Waals surface area contributed by atoms with E-state index < -0.39 is 35.1 Å². The summed E-state index contributed by atoms with van der Waals surface area (Å²) in [7, 11) is -6.70. The van der Waals surface area contributed by atoms with Gasteiger partial charge in [-0.3, -0.25) is 9.36 Å². The third kappa shape index (κ3) is 5.92. The molecule has 0 aromatic heterocycles. The number of hydrogen-bond donors (Lipinski definition) is 0. The molecule has 0 amide bonds. The molecule has 0 aromatic carbocycles. The Morgan fingerprint density at radius 2 is 1.80 bits per heavy atom. The van der Waals surface area contributed by atoms with E-state index in [1.54, 1.807) is 13.8 Å². The lowest BCUT2D eigenvalue weighted by Crippen LogP contribution is -2.23. The van der Waals surface area contributed by atoms with E-state index in [1.165, 1.54) is 0 Å². The van der Waals surface area contributed by atoms with E-state index in [0.29, 0.717) is 0 Å². The normalized spacial score (nSPS) is 16.1. The Hall–Kier alpha value is -0.390. The number of hydrogen-bond acceptors (Lipinski definition) is 6. The van der Waals surface area contributed by atoms with Crippen LogP contribution in [0, 0.1) is 0 Å². The van der Waals surface area contributed by atoms with Crippen LogP contribution in [0.4, 0.5) is 0 Å². The van der Waals surface area contributed by atoms with Gasteiger partial charge in [0.25, 0.3) is 5.18 Å². The van der Waals surface area contributed by atoms with E-state index in [1.807, 2.05) is 0 Å². The van der Waals surface area contributed by atoms with Gasteiger partial charge in [0, 0.05) is 13.2 Å². The maximum absolute atomic E-state index is 11.4. The third-order valence-corrected chi connectivity index (χ3v) is 5.15. The van der Waals surface area contributed by atoms with Crippen molar-refractivity contribution in [3.63, 3.8) is 0 Å². The van der Waals surface area contributed by atoms with E-state index in [9.17, 15) is 17.8 Å². The molecule has 8 heteroatoms. The van der Waals surface area contributed by atoms with E-state index >= 15 is 0 Å². The summed E-state index contributed by atoms with van der Waals surface area (Å²) >= 11 is 0. The van der Waals surface area contributed by atoms with Crippen molar-refractivity contribution in [2.75, 3.05) is 6.26 Å². The third-order valence-electron chi connectivity index (χ3n) is 1.21. The Labute approximate surface area is 89.7 Å². The van der Waals surface area contributed by atoms with Gasteiger partial charge in [-0.25, -0.2) is 8.42 Å². The molecular formula is C7H15O6PS. The zero-order valence-corrected chi connectivity index (χ0v) is 10.8. The molecule has 90 valence electrons. The second-order valence-corrected chi connectivity index (χ2v) is 7.16. The highest BCUT2D eigenvalue weighted by atomic mass is 32.2. The van der Waals surface area contributed by atoms with Crippen LogP contribution >= 0.6 is 8.03 Å². The summed E-state index contributed by atoms with van der Waals surface area (Å²) in [6, 6.07) is 0. The average molecular weight is 258 g/mol. The fourth-order valence-corrected chi connectivity index (χ4v) is 3.46. The van der Waals surface area contributed by atoms with Gasteiger partial charge in [-0.2, -0.15) is 0 Å². The van der Waals surface area contributed by atoms with Crippen molar-refractivity contribution in [1.29, 1.82) is 0 Å². The van der Waals surface area contributed by atoms with E-state index in [0.717, 1.165) is 13.2 Å². The fourth-order valence-electron chi connectivity index (χ4n) is 0.749. The van der Waals surface area contributed by atoms with Crippen molar-refractivity contribution in [1.82, 2.24) is 0 Å². The fraction of sp³-hybridized carbons (Fsp3) is 0.857. The summed E-state index contributed by atoms with van der Waals surface area (Å²) in [6.07, 6.45) is 0.448. The molecule has 0 fully saturated rings. The molecule has 2 atom stereocenters. The van der Waals surface area contributed by atoms with Crippen molar-refractivity contribution < 1.29 is 27.0 Å². The maximum Gasteiger partial charge on any atom is 0.304 e. The van der Waals surface area contributed by atoms with Gasteiger partial charge in [0.1, 0.15) is 0 Å². The van der Waals surface area contributed by atoms with Gasteiger partial charge in [0.05, 0.1) is 6.10 Å². The number of ether oxygens (including phenoxy) is 1. The van der Waals surface area contributed by atoms with Crippen molar-refractivity contribution in [3.05, 3.63) is 0 Å². The minimum atomic E-state index is -3.74. The lowest BCUT2D eigenvalue weighted by atomic mass is 10.5. The van der Waals surface area contributed by atoms with Gasteiger partial charge in [0.15, 0.2) is 9.84 Å². The molecule has 0 saturated carbocycles. The SMILES string of the molecule is CC(=O)OC([PH](=O)OC(C)C)S(C)(=O)=O. The zero-order chi connectivity index (χ0) is 12.2. The summed E-state index contributed by atoms with van der Waals surface area (Å²) in [6.45, 7) is 4.26. The van der Waals surface area contributed by atoms with Crippen LogP contribution in [0.25, 0.3) is 0 Å². The van der Waals surface area contributed by atoms with Crippen molar-refractivity contribution >= 4 is 23.8 Å². The first-order valence-electron chi connectivity index (χ1n) is 4.21. The Balaban J connectivity index is 4.80. The summed E-state index contributed by atoms with van der Waals surface area (Å²) in [5.74, 6) is -0.809. The Morgan fingerprint density at radius 1 is 1.33 bits per heavy atom. The van der Waals surface area contributed by atoms with Crippen LogP contribution in [0.1, 0.15) is 20.8 Å². The molecule has 0 aromatic rings. The molecule has 0 radical (unpaired) electrons. The smallest absolute Gasteiger partial charge is 0.304 e. The summed E-state index contributed by atoms with van der Waals surface area (Å²) in [5, 5.41) is -1.69. The molecule has 15 heavy (non-hydrogen) atoms. The molecule has 0 aliphatic carbocycles. The molecule has 2 unspecified atom stereocenters. The number of carbonyl (C=O) groups excluding carboxylic acids is 1. The van der Waals surface area contributed by atoms with Crippen molar-refractivity contribution in [3.8, 4) is 0 Å². The Morgan fingerprint density at radius 3 is 2.07 bits per heavy atom. The predicted molar refractivity (Wildman–Crippen MR) is 55.6 cm³/mol. The van der Waals surface area contributed by atoms with Crippen LogP contribution in [-0.4, -0.2) is 31.9 Å². The van der Waals surface area contributed by atoms with E-state index in [-0.39, 0.29) is 0 Å². The Bertz CT molecular complexity index is 346. The lowest BCUT2D eigenvalue weighted by Gasteiger charge is -2.16. The predicted octanol–water partition coefficient (Wildman–Crippen LogP) is 0.777. The van der Waals surface area contributed by atoms with Crippen LogP contribution in [0.5, 0.6) is 0 Å². The molecule has 0 N–H and O–H groups in total. The number of carbonyl (C=O) groups is 1. The van der Waals surface area contributed by atoms with E-state index in [2.05, 4.69) is 4.74 Å². The first kappa shape index (κ1) is 14.6. The Kier molecular flexibility index (Phi) is 5.48.